The van der Waals surface area contributed by atoms with Crippen LogP contribution < -0.4 is 10.1 Å². The topological polar surface area (TPSA) is 69.0 Å². The number of aromatic nitrogens is 3. The van der Waals surface area contributed by atoms with Gasteiger partial charge in [-0.15, -0.1) is 10.2 Å². The second kappa shape index (κ2) is 10.1. The third kappa shape index (κ3) is 5.37. The number of fused-ring (bicyclic) bond motifs is 1. The van der Waals surface area contributed by atoms with E-state index in [0.717, 1.165) is 22.2 Å². The van der Waals surface area contributed by atoms with Gasteiger partial charge in [0.05, 0.1) is 5.75 Å². The van der Waals surface area contributed by atoms with Gasteiger partial charge in [0, 0.05) is 18.1 Å². The van der Waals surface area contributed by atoms with Crippen molar-refractivity contribution in [2.75, 3.05) is 11.1 Å². The van der Waals surface area contributed by atoms with Crippen LogP contribution in [0.25, 0.3) is 10.8 Å². The third-order valence-corrected chi connectivity index (χ3v) is 6.51. The number of ether oxygens (including phenoxy) is 1. The van der Waals surface area contributed by atoms with Gasteiger partial charge >= 0.3 is 0 Å². The molecule has 0 radical (unpaired) electrons. The molecular formula is C26H28N4O2S. The Morgan fingerprint density at radius 3 is 2.48 bits per heavy atom. The minimum Gasteiger partial charge on any atom is -0.483 e. The quantitative estimate of drug-likeness (QED) is 0.329. The molecule has 33 heavy (non-hydrogen) atoms. The Morgan fingerprint density at radius 1 is 1.00 bits per heavy atom. The lowest BCUT2D eigenvalue weighted by Crippen LogP contribution is -2.15. The van der Waals surface area contributed by atoms with Crippen LogP contribution in [0.2, 0.25) is 0 Å². The molecule has 1 atom stereocenters. The predicted molar refractivity (Wildman–Crippen MR) is 134 cm³/mol. The highest BCUT2D eigenvalue weighted by atomic mass is 32.2. The Bertz CT molecular complexity index is 1250. The van der Waals surface area contributed by atoms with Crippen molar-refractivity contribution < 1.29 is 9.53 Å². The standard InChI is InChI=1S/C26H28N4O2S/c1-17(2)19-12-14-21(15-13-19)32-18(3)25-28-29-26(30(25)4)33-16-24(31)27-23-11-7-9-20-8-5-6-10-22(20)23/h5-15,17-18H,16H2,1-4H3,(H,27,31). The summed E-state index contributed by atoms with van der Waals surface area (Å²) in [4.78, 5) is 12.6. The van der Waals surface area contributed by atoms with E-state index < -0.39 is 0 Å². The molecule has 0 aliphatic heterocycles. The molecule has 4 aromatic rings. The zero-order valence-electron chi connectivity index (χ0n) is 19.3. The van der Waals surface area contributed by atoms with Gasteiger partial charge in [0.25, 0.3) is 0 Å². The van der Waals surface area contributed by atoms with E-state index >= 15 is 0 Å². The van der Waals surface area contributed by atoms with Crippen molar-refractivity contribution in [3.63, 3.8) is 0 Å². The second-order valence-electron chi connectivity index (χ2n) is 8.25. The zero-order chi connectivity index (χ0) is 23.4. The van der Waals surface area contributed by atoms with Crippen molar-refractivity contribution in [2.45, 2.75) is 37.9 Å². The number of thioether (sulfide) groups is 1. The van der Waals surface area contributed by atoms with Crippen molar-refractivity contribution in [3.8, 4) is 5.75 Å². The van der Waals surface area contributed by atoms with Gasteiger partial charge in [-0.2, -0.15) is 0 Å². The summed E-state index contributed by atoms with van der Waals surface area (Å²) in [5.74, 6) is 2.13. The lowest BCUT2D eigenvalue weighted by molar-refractivity contribution is -0.113. The first-order chi connectivity index (χ1) is 15.9. The number of carbonyl (C=O) groups excluding carboxylic acids is 1. The van der Waals surface area contributed by atoms with Gasteiger partial charge in [-0.1, -0.05) is 74.1 Å². The Balaban J connectivity index is 1.36. The van der Waals surface area contributed by atoms with Crippen LogP contribution in [0.4, 0.5) is 5.69 Å². The first-order valence-corrected chi connectivity index (χ1v) is 12.0. The smallest absolute Gasteiger partial charge is 0.234 e. The molecule has 0 fully saturated rings. The van der Waals surface area contributed by atoms with Gasteiger partial charge < -0.3 is 14.6 Å². The number of rotatable bonds is 8. The largest absolute Gasteiger partial charge is 0.483 e. The molecule has 0 saturated heterocycles. The SMILES string of the molecule is CC(C)c1ccc(OC(C)c2nnc(SCC(=O)Nc3cccc4ccccc34)n2C)cc1. The van der Waals surface area contributed by atoms with E-state index in [2.05, 4.69) is 41.5 Å². The summed E-state index contributed by atoms with van der Waals surface area (Å²) >= 11 is 1.35. The maximum Gasteiger partial charge on any atom is 0.234 e. The molecule has 7 heteroatoms. The first-order valence-electron chi connectivity index (χ1n) is 11.0. The van der Waals surface area contributed by atoms with E-state index in [1.54, 1.807) is 0 Å². The van der Waals surface area contributed by atoms with Crippen molar-refractivity contribution in [1.29, 1.82) is 0 Å². The van der Waals surface area contributed by atoms with Crippen LogP contribution in [0.15, 0.2) is 71.9 Å². The summed E-state index contributed by atoms with van der Waals surface area (Å²) in [7, 11) is 1.89. The molecule has 1 aromatic heterocycles. The minimum atomic E-state index is -0.272. The molecule has 0 aliphatic rings. The van der Waals surface area contributed by atoms with E-state index in [0.29, 0.717) is 16.9 Å². The van der Waals surface area contributed by atoms with Crippen LogP contribution in [0.3, 0.4) is 0 Å². The Morgan fingerprint density at radius 2 is 1.73 bits per heavy atom. The van der Waals surface area contributed by atoms with E-state index in [1.807, 2.05) is 73.1 Å². The first kappa shape index (κ1) is 22.9. The molecule has 0 aliphatic carbocycles. The third-order valence-electron chi connectivity index (χ3n) is 5.49. The van der Waals surface area contributed by atoms with E-state index in [1.165, 1.54) is 17.3 Å². The fourth-order valence-electron chi connectivity index (χ4n) is 3.64. The zero-order valence-corrected chi connectivity index (χ0v) is 20.1. The Kier molecular flexibility index (Phi) is 6.99. The van der Waals surface area contributed by atoms with Crippen molar-refractivity contribution >= 4 is 34.1 Å². The lowest BCUT2D eigenvalue weighted by atomic mass is 10.0. The number of nitrogens with one attached hydrogen (secondary N) is 1. The summed E-state index contributed by atoms with van der Waals surface area (Å²) in [6.45, 7) is 6.28. The van der Waals surface area contributed by atoms with Gasteiger partial charge in [-0.05, 0) is 42.0 Å². The fraction of sp³-hybridized carbons (Fsp3) is 0.269. The van der Waals surface area contributed by atoms with Crippen molar-refractivity contribution in [3.05, 3.63) is 78.1 Å². The van der Waals surface area contributed by atoms with Crippen LogP contribution in [0.1, 0.15) is 44.2 Å². The maximum atomic E-state index is 12.6. The number of amides is 1. The Hall–Kier alpha value is -3.32. The van der Waals surface area contributed by atoms with E-state index in [-0.39, 0.29) is 17.8 Å². The number of hydrogen-bond acceptors (Lipinski definition) is 5. The van der Waals surface area contributed by atoms with Gasteiger partial charge in [-0.3, -0.25) is 4.79 Å². The monoisotopic (exact) mass is 460 g/mol. The van der Waals surface area contributed by atoms with E-state index in [9.17, 15) is 4.79 Å². The lowest BCUT2D eigenvalue weighted by Gasteiger charge is -2.15. The molecule has 3 aromatic carbocycles. The van der Waals surface area contributed by atoms with Gasteiger partial charge in [-0.25, -0.2) is 0 Å². The summed E-state index contributed by atoms with van der Waals surface area (Å²) in [5.41, 5.74) is 2.08. The molecule has 1 amide bonds. The molecule has 1 heterocycles. The van der Waals surface area contributed by atoms with Crippen LogP contribution >= 0.6 is 11.8 Å². The highest BCUT2D eigenvalue weighted by Gasteiger charge is 2.18. The molecular weight excluding hydrogens is 432 g/mol. The number of hydrogen-bond donors (Lipinski definition) is 1. The molecule has 1 N–H and O–H groups in total. The second-order valence-corrected chi connectivity index (χ2v) is 9.19. The molecule has 6 nitrogen and oxygen atoms in total. The average Bonchev–Trinajstić information content (AvgIpc) is 3.18. The van der Waals surface area contributed by atoms with Gasteiger partial charge in [0.2, 0.25) is 5.91 Å². The minimum absolute atomic E-state index is 0.0876. The summed E-state index contributed by atoms with van der Waals surface area (Å²) in [6, 6.07) is 22.0. The van der Waals surface area contributed by atoms with Crippen LogP contribution in [0.5, 0.6) is 5.75 Å². The van der Waals surface area contributed by atoms with Gasteiger partial charge in [0.15, 0.2) is 17.1 Å². The van der Waals surface area contributed by atoms with Crippen molar-refractivity contribution in [2.24, 2.45) is 7.05 Å². The number of anilines is 1. The van der Waals surface area contributed by atoms with Crippen LogP contribution in [-0.2, 0) is 11.8 Å². The van der Waals surface area contributed by atoms with Crippen LogP contribution in [-0.4, -0.2) is 26.4 Å². The number of nitrogens with zero attached hydrogens (tertiary/aromatic N) is 3. The molecule has 0 saturated carbocycles. The highest BCUT2D eigenvalue weighted by Crippen LogP contribution is 2.26. The molecule has 0 spiro atoms. The van der Waals surface area contributed by atoms with Crippen molar-refractivity contribution in [1.82, 2.24) is 14.8 Å². The van der Waals surface area contributed by atoms with E-state index in [4.69, 9.17) is 4.74 Å². The normalized spacial score (nSPS) is 12.2. The van der Waals surface area contributed by atoms with Gasteiger partial charge in [0.1, 0.15) is 5.75 Å². The summed E-state index contributed by atoms with van der Waals surface area (Å²) in [5, 5.41) is 14.3. The summed E-state index contributed by atoms with van der Waals surface area (Å²) < 4.78 is 7.94. The predicted octanol–water partition coefficient (Wildman–Crippen LogP) is 5.96. The van der Waals surface area contributed by atoms with Crippen LogP contribution in [0, 0.1) is 0 Å². The highest BCUT2D eigenvalue weighted by molar-refractivity contribution is 7.99. The summed E-state index contributed by atoms with van der Waals surface area (Å²) in [6.07, 6.45) is -0.272. The Labute approximate surface area is 198 Å². The maximum absolute atomic E-state index is 12.6. The number of benzene rings is 3. The average molecular weight is 461 g/mol. The number of carbonyl (C=O) groups is 1. The fourth-order valence-corrected chi connectivity index (χ4v) is 4.36. The molecule has 4 rings (SSSR count). The molecule has 0 bridgehead atoms. The molecule has 170 valence electrons. The molecule has 1 unspecified atom stereocenters.